The van der Waals surface area contributed by atoms with Gasteiger partial charge in [-0.05, 0) is 18.2 Å². The fraction of sp³-hybridized carbons (Fsp3) is 0. The Kier molecular flexibility index (Phi) is 3.25. The van der Waals surface area contributed by atoms with E-state index in [1.165, 1.54) is 24.4 Å². The summed E-state index contributed by atoms with van der Waals surface area (Å²) >= 11 is 5.83. The lowest BCUT2D eigenvalue weighted by atomic mass is 10.1. The molecule has 0 fully saturated rings. The summed E-state index contributed by atoms with van der Waals surface area (Å²) in [6, 6.07) is 4.70. The van der Waals surface area contributed by atoms with E-state index in [0.717, 1.165) is 6.07 Å². The first kappa shape index (κ1) is 12.4. The molecule has 1 heterocycles. The normalized spacial score (nSPS) is 10.4. The minimum atomic E-state index is -1.26. The van der Waals surface area contributed by atoms with Gasteiger partial charge < -0.3 is 5.11 Å². The zero-order chi connectivity index (χ0) is 13.3. The van der Waals surface area contributed by atoms with Gasteiger partial charge in [-0.25, -0.2) is 13.6 Å². The molecule has 0 radical (unpaired) electrons. The Morgan fingerprint density at radius 1 is 1.28 bits per heavy atom. The summed E-state index contributed by atoms with van der Waals surface area (Å²) in [5.41, 5.74) is -0.498. The molecule has 0 saturated carbocycles. The van der Waals surface area contributed by atoms with Gasteiger partial charge >= 0.3 is 5.97 Å². The number of hydrogen-bond acceptors (Lipinski definition) is 2. The summed E-state index contributed by atoms with van der Waals surface area (Å²) in [6.07, 6.45) is 1.18. The maximum Gasteiger partial charge on any atom is 0.337 e. The van der Waals surface area contributed by atoms with E-state index >= 15 is 0 Å². The van der Waals surface area contributed by atoms with E-state index in [2.05, 4.69) is 4.98 Å². The van der Waals surface area contributed by atoms with Gasteiger partial charge in [-0.1, -0.05) is 17.7 Å². The average molecular weight is 270 g/mol. The average Bonchev–Trinajstić information content (AvgIpc) is 2.33. The van der Waals surface area contributed by atoms with E-state index in [9.17, 15) is 13.6 Å². The number of hydrogen-bond donors (Lipinski definition) is 1. The van der Waals surface area contributed by atoms with Crippen LogP contribution in [-0.4, -0.2) is 16.1 Å². The lowest BCUT2D eigenvalue weighted by Crippen LogP contribution is -2.01. The van der Waals surface area contributed by atoms with Crippen LogP contribution in [0.15, 0.2) is 30.5 Å². The third-order valence-corrected chi connectivity index (χ3v) is 2.71. The van der Waals surface area contributed by atoms with Crippen molar-refractivity contribution in [2.45, 2.75) is 0 Å². The number of pyridine rings is 1. The SMILES string of the molecule is O=C(O)c1ccnc(-c2cccc(F)c2F)c1Cl. The van der Waals surface area contributed by atoms with Crippen molar-refractivity contribution in [1.29, 1.82) is 0 Å². The van der Waals surface area contributed by atoms with Gasteiger partial charge in [0.2, 0.25) is 0 Å². The highest BCUT2D eigenvalue weighted by molar-refractivity contribution is 6.35. The number of halogens is 3. The molecule has 2 aromatic rings. The number of rotatable bonds is 2. The van der Waals surface area contributed by atoms with Crippen LogP contribution in [0.2, 0.25) is 5.02 Å². The first-order valence-corrected chi connectivity index (χ1v) is 5.22. The highest BCUT2D eigenvalue weighted by atomic mass is 35.5. The number of nitrogens with zero attached hydrogens (tertiary/aromatic N) is 1. The van der Waals surface area contributed by atoms with E-state index in [1.54, 1.807) is 0 Å². The number of benzene rings is 1. The summed E-state index contributed by atoms with van der Waals surface area (Å²) in [4.78, 5) is 14.7. The summed E-state index contributed by atoms with van der Waals surface area (Å²) in [5, 5.41) is 8.65. The maximum atomic E-state index is 13.6. The Bertz CT molecular complexity index is 631. The van der Waals surface area contributed by atoms with Crippen LogP contribution in [0.1, 0.15) is 10.4 Å². The van der Waals surface area contributed by atoms with Crippen molar-refractivity contribution >= 4 is 17.6 Å². The van der Waals surface area contributed by atoms with Gasteiger partial charge in [0, 0.05) is 11.8 Å². The fourth-order valence-corrected chi connectivity index (χ4v) is 1.78. The standard InChI is InChI=1S/C12H6ClF2NO2/c13-9-6(12(17)18)4-5-16-11(9)7-2-1-3-8(14)10(7)15/h1-5H,(H,17,18). The first-order valence-electron chi connectivity index (χ1n) is 4.84. The van der Waals surface area contributed by atoms with Gasteiger partial charge in [-0.2, -0.15) is 0 Å². The van der Waals surface area contributed by atoms with Gasteiger partial charge in [0.15, 0.2) is 11.6 Å². The molecule has 1 aromatic carbocycles. The van der Waals surface area contributed by atoms with E-state index in [-0.39, 0.29) is 21.8 Å². The number of carbonyl (C=O) groups is 1. The third-order valence-electron chi connectivity index (χ3n) is 2.33. The highest BCUT2D eigenvalue weighted by Crippen LogP contribution is 2.31. The van der Waals surface area contributed by atoms with Crippen LogP contribution in [0.25, 0.3) is 11.3 Å². The molecule has 0 saturated heterocycles. The predicted molar refractivity (Wildman–Crippen MR) is 61.6 cm³/mol. The lowest BCUT2D eigenvalue weighted by molar-refractivity contribution is 0.0697. The number of carboxylic acids is 1. The number of carboxylic acid groups (broad SMARTS) is 1. The molecule has 0 unspecified atom stereocenters. The molecule has 0 aliphatic heterocycles. The quantitative estimate of drug-likeness (QED) is 0.909. The summed E-state index contributed by atoms with van der Waals surface area (Å²) in [6.45, 7) is 0. The minimum Gasteiger partial charge on any atom is -0.478 e. The van der Waals surface area contributed by atoms with Crippen molar-refractivity contribution in [3.05, 3.63) is 52.7 Å². The minimum absolute atomic E-state index is 0.103. The highest BCUT2D eigenvalue weighted by Gasteiger charge is 2.18. The second-order valence-corrected chi connectivity index (χ2v) is 3.81. The van der Waals surface area contributed by atoms with E-state index in [1.807, 2.05) is 0 Å². The predicted octanol–water partition coefficient (Wildman–Crippen LogP) is 3.38. The monoisotopic (exact) mass is 269 g/mol. The van der Waals surface area contributed by atoms with Crippen molar-refractivity contribution in [3.63, 3.8) is 0 Å². The van der Waals surface area contributed by atoms with Crippen LogP contribution >= 0.6 is 11.6 Å². The van der Waals surface area contributed by atoms with E-state index in [4.69, 9.17) is 16.7 Å². The van der Waals surface area contributed by atoms with Crippen LogP contribution in [-0.2, 0) is 0 Å². The molecule has 2 rings (SSSR count). The Labute approximate surface area is 106 Å². The third kappa shape index (κ3) is 2.04. The van der Waals surface area contributed by atoms with Crippen molar-refractivity contribution in [2.75, 3.05) is 0 Å². The summed E-state index contributed by atoms with van der Waals surface area (Å²) in [7, 11) is 0. The maximum absolute atomic E-state index is 13.6. The first-order chi connectivity index (χ1) is 8.52. The molecule has 18 heavy (non-hydrogen) atoms. The van der Waals surface area contributed by atoms with Gasteiger partial charge in [0.05, 0.1) is 16.3 Å². The Balaban J connectivity index is 2.69. The molecule has 0 amide bonds. The molecule has 0 bridgehead atoms. The van der Waals surface area contributed by atoms with Gasteiger partial charge in [-0.15, -0.1) is 0 Å². The van der Waals surface area contributed by atoms with Crippen molar-refractivity contribution in [1.82, 2.24) is 4.98 Å². The molecule has 0 aliphatic carbocycles. The smallest absolute Gasteiger partial charge is 0.337 e. The topological polar surface area (TPSA) is 50.2 Å². The number of aromatic carboxylic acids is 1. The molecule has 0 aliphatic rings. The van der Waals surface area contributed by atoms with Gasteiger partial charge in [0.25, 0.3) is 0 Å². The largest absolute Gasteiger partial charge is 0.478 e. The van der Waals surface area contributed by atoms with Crippen molar-refractivity contribution in [2.24, 2.45) is 0 Å². The Hall–Kier alpha value is -2.01. The molecule has 0 spiro atoms. The molecule has 0 atom stereocenters. The lowest BCUT2D eigenvalue weighted by Gasteiger charge is -2.07. The molecule has 3 nitrogen and oxygen atoms in total. The molecule has 1 aromatic heterocycles. The zero-order valence-electron chi connectivity index (χ0n) is 8.82. The van der Waals surface area contributed by atoms with Gasteiger partial charge in [-0.3, -0.25) is 4.98 Å². The van der Waals surface area contributed by atoms with Crippen LogP contribution in [0.5, 0.6) is 0 Å². The zero-order valence-corrected chi connectivity index (χ0v) is 9.58. The fourth-order valence-electron chi connectivity index (χ4n) is 1.48. The second-order valence-electron chi connectivity index (χ2n) is 3.43. The molecular weight excluding hydrogens is 264 g/mol. The van der Waals surface area contributed by atoms with Crippen LogP contribution < -0.4 is 0 Å². The molecular formula is C12H6ClF2NO2. The molecule has 1 N–H and O–H groups in total. The van der Waals surface area contributed by atoms with Crippen molar-refractivity contribution in [3.8, 4) is 11.3 Å². The van der Waals surface area contributed by atoms with Crippen LogP contribution in [0.3, 0.4) is 0 Å². The van der Waals surface area contributed by atoms with E-state index < -0.39 is 17.6 Å². The summed E-state index contributed by atoms with van der Waals surface area (Å²) in [5.74, 6) is -3.43. The van der Waals surface area contributed by atoms with Crippen LogP contribution in [0, 0.1) is 11.6 Å². The second kappa shape index (κ2) is 4.70. The summed E-state index contributed by atoms with van der Waals surface area (Å²) < 4.78 is 26.7. The van der Waals surface area contributed by atoms with Gasteiger partial charge in [0.1, 0.15) is 0 Å². The van der Waals surface area contributed by atoms with Crippen molar-refractivity contribution < 1.29 is 18.7 Å². The Morgan fingerprint density at radius 2 is 2.00 bits per heavy atom. The molecule has 6 heteroatoms. The molecule has 92 valence electrons. The number of aromatic nitrogens is 1. The van der Waals surface area contributed by atoms with Crippen LogP contribution in [0.4, 0.5) is 8.78 Å². The Morgan fingerprint density at radius 3 is 2.67 bits per heavy atom. The van der Waals surface area contributed by atoms with E-state index in [0.29, 0.717) is 0 Å².